The number of esters is 1. The fourth-order valence-corrected chi connectivity index (χ4v) is 4.10. The molecule has 178 valence electrons. The highest BCUT2D eigenvalue weighted by Crippen LogP contribution is 2.24. The number of hydrogen-bond donors (Lipinski definition) is 0. The van der Waals surface area contributed by atoms with Crippen LogP contribution >= 0.6 is 0 Å². The number of benzene rings is 1. The first-order valence-corrected chi connectivity index (χ1v) is 11.5. The maximum Gasteiger partial charge on any atom is 0.344 e. The molecule has 3 heterocycles. The summed E-state index contributed by atoms with van der Waals surface area (Å²) < 4.78 is 13.6. The Morgan fingerprint density at radius 1 is 1.09 bits per heavy atom. The van der Waals surface area contributed by atoms with E-state index in [4.69, 9.17) is 9.72 Å². The molecule has 1 fully saturated rings. The molecule has 1 aliphatic heterocycles. The Hall–Kier alpha value is -3.80. The molecule has 3 aromatic rings. The maximum absolute atomic E-state index is 13.8. The van der Waals surface area contributed by atoms with Crippen LogP contribution in [0.3, 0.4) is 0 Å². The molecule has 1 saturated heterocycles. The summed E-state index contributed by atoms with van der Waals surface area (Å²) in [6.07, 6.45) is 3.93. The standard InChI is InChI=1S/C25H29N5O4/c1-3-4-16-29-21-22(26-24(29)28-14-9-6-10-15-28)27-25(34-18-20(31)33-2)30(23(21)32)17-13-19-11-7-5-8-12-19/h5,7-8,11-12H,6,9-10,13-18H2,1-2H3. The number of carbonyl (C=O) groups excluding carboxylic acids is 1. The molecule has 0 spiro atoms. The number of methoxy groups -OCH3 is 1. The van der Waals surface area contributed by atoms with E-state index in [0.29, 0.717) is 36.6 Å². The lowest BCUT2D eigenvalue weighted by atomic mass is 10.1. The van der Waals surface area contributed by atoms with E-state index in [9.17, 15) is 9.59 Å². The van der Waals surface area contributed by atoms with E-state index in [-0.39, 0.29) is 18.2 Å². The second kappa shape index (κ2) is 10.9. The number of aryl methyl sites for hydroxylation is 1. The average Bonchev–Trinajstić information content (AvgIpc) is 3.25. The Balaban J connectivity index is 1.81. The van der Waals surface area contributed by atoms with Gasteiger partial charge in [-0.25, -0.2) is 4.79 Å². The molecule has 0 unspecified atom stereocenters. The molecular formula is C25H29N5O4. The summed E-state index contributed by atoms with van der Waals surface area (Å²) in [5.41, 5.74) is 1.49. The second-order valence-corrected chi connectivity index (χ2v) is 8.10. The predicted octanol–water partition coefficient (Wildman–Crippen LogP) is 2.40. The van der Waals surface area contributed by atoms with Gasteiger partial charge in [-0.2, -0.15) is 9.97 Å². The molecule has 0 N–H and O–H groups in total. The fraction of sp³-hybridized carbons (Fsp3) is 0.440. The number of rotatable bonds is 8. The Morgan fingerprint density at radius 2 is 1.85 bits per heavy atom. The summed E-state index contributed by atoms with van der Waals surface area (Å²) in [5.74, 6) is 6.12. The van der Waals surface area contributed by atoms with Crippen molar-refractivity contribution in [3.05, 3.63) is 46.2 Å². The zero-order chi connectivity index (χ0) is 23.9. The van der Waals surface area contributed by atoms with Crippen LogP contribution in [0.1, 0.15) is 31.7 Å². The number of aromatic nitrogens is 4. The predicted molar refractivity (Wildman–Crippen MR) is 129 cm³/mol. The van der Waals surface area contributed by atoms with Gasteiger partial charge < -0.3 is 14.4 Å². The highest BCUT2D eigenvalue weighted by atomic mass is 16.6. The zero-order valence-electron chi connectivity index (χ0n) is 19.6. The molecule has 4 rings (SSSR count). The number of ether oxygens (including phenoxy) is 2. The van der Waals surface area contributed by atoms with Gasteiger partial charge in [0.05, 0.1) is 13.7 Å². The van der Waals surface area contributed by atoms with Crippen molar-refractivity contribution in [2.24, 2.45) is 0 Å². The lowest BCUT2D eigenvalue weighted by Gasteiger charge is -2.27. The molecule has 0 amide bonds. The molecule has 1 aromatic carbocycles. The normalized spacial score (nSPS) is 13.4. The molecule has 0 aliphatic carbocycles. The monoisotopic (exact) mass is 463 g/mol. The number of imidazole rings is 1. The molecular weight excluding hydrogens is 434 g/mol. The molecule has 0 saturated carbocycles. The van der Waals surface area contributed by atoms with Crippen molar-refractivity contribution in [2.45, 2.75) is 45.7 Å². The van der Waals surface area contributed by atoms with Crippen molar-refractivity contribution in [2.75, 3.05) is 31.7 Å². The lowest BCUT2D eigenvalue weighted by Crippen LogP contribution is -2.32. The first kappa shape index (κ1) is 23.4. The number of fused-ring (bicyclic) bond motifs is 1. The van der Waals surface area contributed by atoms with Gasteiger partial charge in [-0.3, -0.25) is 13.9 Å². The second-order valence-electron chi connectivity index (χ2n) is 8.10. The van der Waals surface area contributed by atoms with E-state index in [2.05, 4.69) is 26.5 Å². The number of piperidine rings is 1. The summed E-state index contributed by atoms with van der Waals surface area (Å²) in [4.78, 5) is 36.9. The van der Waals surface area contributed by atoms with Gasteiger partial charge in [-0.05, 0) is 38.2 Å². The van der Waals surface area contributed by atoms with E-state index >= 15 is 0 Å². The van der Waals surface area contributed by atoms with Gasteiger partial charge in [0.25, 0.3) is 5.56 Å². The quantitative estimate of drug-likeness (QED) is 0.374. The average molecular weight is 464 g/mol. The smallest absolute Gasteiger partial charge is 0.344 e. The highest BCUT2D eigenvalue weighted by Gasteiger charge is 2.24. The topological polar surface area (TPSA) is 91.5 Å². The van der Waals surface area contributed by atoms with Crippen LogP contribution in [0.5, 0.6) is 6.01 Å². The van der Waals surface area contributed by atoms with Crippen molar-refractivity contribution in [3.63, 3.8) is 0 Å². The van der Waals surface area contributed by atoms with Crippen molar-refractivity contribution in [1.82, 2.24) is 19.1 Å². The largest absolute Gasteiger partial charge is 0.466 e. The molecule has 9 nitrogen and oxygen atoms in total. The third kappa shape index (κ3) is 5.06. The fourth-order valence-electron chi connectivity index (χ4n) is 4.10. The van der Waals surface area contributed by atoms with Gasteiger partial charge in [0.2, 0.25) is 5.95 Å². The van der Waals surface area contributed by atoms with E-state index < -0.39 is 5.97 Å². The van der Waals surface area contributed by atoms with E-state index in [0.717, 1.165) is 31.5 Å². The van der Waals surface area contributed by atoms with E-state index in [1.165, 1.54) is 18.1 Å². The van der Waals surface area contributed by atoms with Crippen molar-refractivity contribution >= 4 is 23.1 Å². The Morgan fingerprint density at radius 3 is 2.56 bits per heavy atom. The van der Waals surface area contributed by atoms with Crippen LogP contribution in [0.2, 0.25) is 0 Å². The van der Waals surface area contributed by atoms with Crippen LogP contribution in [-0.4, -0.2) is 51.9 Å². The third-order valence-electron chi connectivity index (χ3n) is 5.88. The van der Waals surface area contributed by atoms with E-state index in [1.54, 1.807) is 6.92 Å². The number of nitrogens with zero attached hydrogens (tertiary/aromatic N) is 5. The summed E-state index contributed by atoms with van der Waals surface area (Å²) in [7, 11) is 1.28. The first-order chi connectivity index (χ1) is 16.6. The minimum atomic E-state index is -0.554. The highest BCUT2D eigenvalue weighted by molar-refractivity contribution is 5.75. The van der Waals surface area contributed by atoms with Gasteiger partial charge in [-0.1, -0.05) is 36.3 Å². The third-order valence-corrected chi connectivity index (χ3v) is 5.88. The van der Waals surface area contributed by atoms with Crippen LogP contribution in [0, 0.1) is 11.8 Å². The maximum atomic E-state index is 13.8. The van der Waals surface area contributed by atoms with Gasteiger partial charge in [0.1, 0.15) is 0 Å². The number of hydrogen-bond acceptors (Lipinski definition) is 7. The van der Waals surface area contributed by atoms with Gasteiger partial charge >= 0.3 is 12.0 Å². The van der Waals surface area contributed by atoms with Crippen LogP contribution in [0.15, 0.2) is 35.1 Å². The van der Waals surface area contributed by atoms with Crippen LogP contribution in [-0.2, 0) is 29.0 Å². The van der Waals surface area contributed by atoms with Crippen LogP contribution < -0.4 is 15.2 Å². The van der Waals surface area contributed by atoms with Crippen LogP contribution in [0.4, 0.5) is 5.95 Å². The Kier molecular flexibility index (Phi) is 7.48. The Bertz CT molecular complexity index is 1260. The summed E-state index contributed by atoms with van der Waals surface area (Å²) in [6, 6.07) is 9.91. The summed E-state index contributed by atoms with van der Waals surface area (Å²) >= 11 is 0. The van der Waals surface area contributed by atoms with Crippen molar-refractivity contribution in [3.8, 4) is 17.9 Å². The van der Waals surface area contributed by atoms with E-state index in [1.807, 2.05) is 34.9 Å². The molecule has 0 radical (unpaired) electrons. The molecule has 9 heteroatoms. The van der Waals surface area contributed by atoms with Crippen LogP contribution in [0.25, 0.3) is 11.2 Å². The van der Waals surface area contributed by atoms with Crippen molar-refractivity contribution < 1.29 is 14.3 Å². The lowest BCUT2D eigenvalue weighted by molar-refractivity contribution is -0.143. The van der Waals surface area contributed by atoms with Gasteiger partial charge in [0.15, 0.2) is 17.8 Å². The Labute approximate surface area is 198 Å². The molecule has 2 aromatic heterocycles. The number of anilines is 1. The van der Waals surface area contributed by atoms with Gasteiger partial charge in [0, 0.05) is 19.6 Å². The summed E-state index contributed by atoms with van der Waals surface area (Å²) in [6.45, 7) is 3.85. The number of carbonyl (C=O) groups is 1. The minimum Gasteiger partial charge on any atom is -0.466 e. The zero-order valence-corrected chi connectivity index (χ0v) is 19.6. The molecule has 0 atom stereocenters. The van der Waals surface area contributed by atoms with Gasteiger partial charge in [-0.15, -0.1) is 5.92 Å². The minimum absolute atomic E-state index is 0.0512. The van der Waals surface area contributed by atoms with Crippen molar-refractivity contribution in [1.29, 1.82) is 0 Å². The molecule has 1 aliphatic rings. The first-order valence-electron chi connectivity index (χ1n) is 11.5. The summed E-state index contributed by atoms with van der Waals surface area (Å²) in [5, 5.41) is 0. The molecule has 34 heavy (non-hydrogen) atoms. The molecule has 0 bridgehead atoms. The SMILES string of the molecule is CC#CCn1c(N2CCCCC2)nc2nc(OCC(=O)OC)n(CCc3ccccc3)c(=O)c21.